The van der Waals surface area contributed by atoms with Crippen LogP contribution in [0.5, 0.6) is 0 Å². The number of allylic oxidation sites excluding steroid dienone is 1. The maximum Gasteiger partial charge on any atom is 0.139 e. The summed E-state index contributed by atoms with van der Waals surface area (Å²) in [4.78, 5) is 18.0. The van der Waals surface area contributed by atoms with Crippen molar-refractivity contribution in [2.75, 3.05) is 13.2 Å². The van der Waals surface area contributed by atoms with Gasteiger partial charge in [-0.1, -0.05) is 25.1 Å². The van der Waals surface area contributed by atoms with Gasteiger partial charge in [-0.25, -0.2) is 0 Å². The number of hydrogen-bond donors (Lipinski definition) is 1. The molecular formula is C23H36N2O2. The van der Waals surface area contributed by atoms with Gasteiger partial charge in [-0.2, -0.15) is 0 Å². The minimum Gasteiger partial charge on any atom is -0.395 e. The molecule has 7 atom stereocenters. The fourth-order valence-electron chi connectivity index (χ4n) is 7.51. The van der Waals surface area contributed by atoms with Gasteiger partial charge >= 0.3 is 0 Å². The van der Waals surface area contributed by atoms with Gasteiger partial charge in [0, 0.05) is 18.4 Å². The summed E-state index contributed by atoms with van der Waals surface area (Å²) in [6.45, 7) is 10.0. The molecule has 4 aliphatic rings. The van der Waals surface area contributed by atoms with Crippen LogP contribution in [0.1, 0.15) is 65.2 Å². The molecular weight excluding hydrogens is 336 g/mol. The van der Waals surface area contributed by atoms with Crippen LogP contribution in [-0.4, -0.2) is 24.6 Å². The summed E-state index contributed by atoms with van der Waals surface area (Å²) in [7, 11) is 0. The molecule has 0 saturated heterocycles. The normalized spacial score (nSPS) is 47.9. The average Bonchev–Trinajstić information content (AvgIpc) is 2.96. The molecule has 0 aromatic heterocycles. The van der Waals surface area contributed by atoms with E-state index in [1.54, 1.807) is 0 Å². The monoisotopic (exact) mass is 372 g/mol. The van der Waals surface area contributed by atoms with Crippen molar-refractivity contribution in [3.8, 4) is 0 Å². The summed E-state index contributed by atoms with van der Waals surface area (Å²) < 4.78 is 0. The van der Waals surface area contributed by atoms with E-state index in [4.69, 9.17) is 10.6 Å². The van der Waals surface area contributed by atoms with Crippen LogP contribution in [0.25, 0.3) is 0 Å². The third-order valence-electron chi connectivity index (χ3n) is 9.01. The Bertz CT molecular complexity index is 644. The van der Waals surface area contributed by atoms with E-state index >= 15 is 0 Å². The van der Waals surface area contributed by atoms with Crippen LogP contribution in [-0.2, 0) is 9.63 Å². The Kier molecular flexibility index (Phi) is 4.99. The van der Waals surface area contributed by atoms with Gasteiger partial charge in [0.05, 0.1) is 5.71 Å². The number of nitrogens with two attached hydrogens (primary N) is 1. The standard InChI is InChI=1S/C23H36N2O2/c1-4-15-13-17-18-5-6-21(26)23(18,3)10-8-19(17)22(2)9-7-16(14-20(15)22)25-27-12-11-24/h4,15,17-20H,1,5-14,24H2,2-3H3/t15?,17-,18-,19+,20?,22+,23-/m0/s1. The summed E-state index contributed by atoms with van der Waals surface area (Å²) in [6, 6.07) is 0. The van der Waals surface area contributed by atoms with Crippen molar-refractivity contribution >= 4 is 11.5 Å². The smallest absolute Gasteiger partial charge is 0.139 e. The van der Waals surface area contributed by atoms with E-state index in [2.05, 4.69) is 31.7 Å². The zero-order valence-electron chi connectivity index (χ0n) is 17.1. The molecule has 4 nitrogen and oxygen atoms in total. The molecule has 4 rings (SSSR count). The van der Waals surface area contributed by atoms with Crippen LogP contribution in [0.4, 0.5) is 0 Å². The minimum atomic E-state index is -0.0482. The fraction of sp³-hybridized carbons (Fsp3) is 0.826. The number of hydrogen-bond acceptors (Lipinski definition) is 4. The predicted octanol–water partition coefficient (Wildman–Crippen LogP) is 4.34. The second-order valence-electron chi connectivity index (χ2n) is 10.0. The fourth-order valence-corrected chi connectivity index (χ4v) is 7.51. The zero-order chi connectivity index (χ0) is 19.2. The van der Waals surface area contributed by atoms with E-state index < -0.39 is 0 Å². The Morgan fingerprint density at radius 2 is 2.04 bits per heavy atom. The Balaban J connectivity index is 1.60. The lowest BCUT2D eigenvalue weighted by Gasteiger charge is -2.61. The molecule has 0 bridgehead atoms. The predicted molar refractivity (Wildman–Crippen MR) is 108 cm³/mol. The second kappa shape index (κ2) is 7.02. The number of rotatable bonds is 4. The molecule has 4 aliphatic carbocycles. The van der Waals surface area contributed by atoms with Crippen LogP contribution in [0.15, 0.2) is 17.8 Å². The van der Waals surface area contributed by atoms with Gasteiger partial charge in [-0.3, -0.25) is 4.79 Å². The lowest BCUT2D eigenvalue weighted by atomic mass is 9.43. The molecule has 0 aliphatic heterocycles. The number of oxime groups is 1. The van der Waals surface area contributed by atoms with Crippen molar-refractivity contribution in [1.82, 2.24) is 0 Å². The highest BCUT2D eigenvalue weighted by molar-refractivity contribution is 5.87. The van der Waals surface area contributed by atoms with Gasteiger partial charge < -0.3 is 10.6 Å². The number of Topliss-reactive ketones (excluding diaryl/α,β-unsaturated/α-hetero) is 1. The Labute approximate surface area is 164 Å². The van der Waals surface area contributed by atoms with Gasteiger partial charge in [-0.05, 0) is 80.0 Å². The second-order valence-corrected chi connectivity index (χ2v) is 10.0. The molecule has 2 unspecified atom stereocenters. The summed E-state index contributed by atoms with van der Waals surface area (Å²) >= 11 is 0. The van der Waals surface area contributed by atoms with Crippen molar-refractivity contribution in [3.63, 3.8) is 0 Å². The summed E-state index contributed by atoms with van der Waals surface area (Å²) in [5.74, 6) is 3.68. The number of carbonyl (C=O) groups excluding carboxylic acids is 1. The maximum absolute atomic E-state index is 12.6. The molecule has 0 aromatic rings. The Morgan fingerprint density at radius 3 is 2.78 bits per heavy atom. The molecule has 4 fully saturated rings. The Morgan fingerprint density at radius 1 is 1.22 bits per heavy atom. The van der Waals surface area contributed by atoms with Gasteiger partial charge in [0.1, 0.15) is 12.4 Å². The first-order valence-electron chi connectivity index (χ1n) is 11.0. The van der Waals surface area contributed by atoms with E-state index in [1.165, 1.54) is 25.0 Å². The molecule has 150 valence electrons. The van der Waals surface area contributed by atoms with Gasteiger partial charge in [-0.15, -0.1) is 6.58 Å². The van der Waals surface area contributed by atoms with E-state index in [0.29, 0.717) is 48.0 Å². The lowest BCUT2D eigenvalue weighted by Crippen LogP contribution is -2.56. The average molecular weight is 373 g/mol. The molecule has 4 heteroatoms. The topological polar surface area (TPSA) is 64.7 Å². The van der Waals surface area contributed by atoms with Crippen LogP contribution < -0.4 is 5.73 Å². The molecule has 0 aromatic carbocycles. The van der Waals surface area contributed by atoms with Crippen LogP contribution in [0, 0.1) is 40.4 Å². The highest BCUT2D eigenvalue weighted by atomic mass is 16.6. The first kappa shape index (κ1) is 19.2. The number of nitrogens with zero attached hydrogens (tertiary/aromatic N) is 1. The highest BCUT2D eigenvalue weighted by Gasteiger charge is 2.61. The van der Waals surface area contributed by atoms with Crippen molar-refractivity contribution in [1.29, 1.82) is 0 Å². The number of ketones is 1. The lowest BCUT2D eigenvalue weighted by molar-refractivity contribution is -0.140. The maximum atomic E-state index is 12.6. The van der Waals surface area contributed by atoms with E-state index in [0.717, 1.165) is 38.0 Å². The molecule has 0 radical (unpaired) electrons. The van der Waals surface area contributed by atoms with Crippen LogP contribution >= 0.6 is 0 Å². The summed E-state index contributed by atoms with van der Waals surface area (Å²) in [6.07, 6.45) is 10.9. The third-order valence-corrected chi connectivity index (χ3v) is 9.01. The van der Waals surface area contributed by atoms with E-state index in [1.807, 2.05) is 0 Å². The zero-order valence-corrected chi connectivity index (χ0v) is 17.1. The van der Waals surface area contributed by atoms with Gasteiger partial charge in [0.15, 0.2) is 0 Å². The molecule has 0 spiro atoms. The van der Waals surface area contributed by atoms with E-state index in [-0.39, 0.29) is 5.41 Å². The SMILES string of the molecule is C=CC1C[C@@H]2[C@@H](CC[C@]3(C)C(=O)CC[C@@H]23)[C@@]2(C)CCC(=NOCCN)CC12. The third kappa shape index (κ3) is 2.90. The minimum absolute atomic E-state index is 0.0482. The van der Waals surface area contributed by atoms with Crippen molar-refractivity contribution < 1.29 is 9.63 Å². The van der Waals surface area contributed by atoms with Gasteiger partial charge in [0.2, 0.25) is 0 Å². The van der Waals surface area contributed by atoms with Crippen molar-refractivity contribution in [2.24, 2.45) is 51.3 Å². The molecule has 2 N–H and O–H groups in total. The van der Waals surface area contributed by atoms with Crippen LogP contribution in [0.3, 0.4) is 0 Å². The van der Waals surface area contributed by atoms with E-state index in [9.17, 15) is 4.79 Å². The summed E-state index contributed by atoms with van der Waals surface area (Å²) in [5, 5.41) is 4.40. The molecule has 4 saturated carbocycles. The Hall–Kier alpha value is -1.16. The number of fused-ring (bicyclic) bond motifs is 5. The first-order chi connectivity index (χ1) is 12.9. The number of carbonyl (C=O) groups is 1. The first-order valence-corrected chi connectivity index (χ1v) is 11.0. The molecule has 27 heavy (non-hydrogen) atoms. The quantitative estimate of drug-likeness (QED) is 0.453. The highest BCUT2D eigenvalue weighted by Crippen LogP contribution is 2.66. The largest absolute Gasteiger partial charge is 0.395 e. The summed E-state index contributed by atoms with van der Waals surface area (Å²) in [5.41, 5.74) is 7.01. The van der Waals surface area contributed by atoms with Gasteiger partial charge in [0.25, 0.3) is 0 Å². The molecule has 0 heterocycles. The molecule has 0 amide bonds. The van der Waals surface area contributed by atoms with Crippen LogP contribution in [0.2, 0.25) is 0 Å². The van der Waals surface area contributed by atoms with Crippen molar-refractivity contribution in [2.45, 2.75) is 65.2 Å². The van der Waals surface area contributed by atoms with Crippen molar-refractivity contribution in [3.05, 3.63) is 12.7 Å².